The molecule has 0 rings (SSSR count). The lowest BCUT2D eigenvalue weighted by Gasteiger charge is -2.22. The zero-order valence-corrected chi connectivity index (χ0v) is 17.0. The van der Waals surface area contributed by atoms with E-state index in [0.29, 0.717) is 25.0 Å². The molecule has 2 unspecified atom stereocenters. The average Bonchev–Trinajstić information content (AvgIpc) is 2.61. The van der Waals surface area contributed by atoms with Crippen molar-refractivity contribution in [2.24, 2.45) is 11.8 Å². The first kappa shape index (κ1) is 23.6. The van der Waals surface area contributed by atoms with Crippen LogP contribution in [0.2, 0.25) is 0 Å². The molecule has 0 fully saturated rings. The summed E-state index contributed by atoms with van der Waals surface area (Å²) in [6, 6.07) is 0. The lowest BCUT2D eigenvalue weighted by Crippen LogP contribution is -2.15. The normalized spacial score (nSPS) is 16.3. The van der Waals surface area contributed by atoms with E-state index in [0.717, 1.165) is 57.4 Å². The Morgan fingerprint density at radius 2 is 1.38 bits per heavy atom. The number of carbonyl (C=O) groups is 1. The molecule has 0 aromatic carbocycles. The van der Waals surface area contributed by atoms with Crippen molar-refractivity contribution in [3.63, 3.8) is 0 Å². The fourth-order valence-corrected chi connectivity index (χ4v) is 3.85. The minimum absolute atomic E-state index is 0.305. The number of hydrogen-bond acceptors (Lipinski definition) is 4. The molecule has 4 nitrogen and oxygen atoms in total. The Morgan fingerprint density at radius 1 is 0.958 bits per heavy atom. The first-order valence-electron chi connectivity index (χ1n) is 9.53. The molecule has 24 heavy (non-hydrogen) atoms. The second kappa shape index (κ2) is 13.8. The van der Waals surface area contributed by atoms with Crippen molar-refractivity contribution < 1.29 is 18.4 Å². The second-order valence-corrected chi connectivity index (χ2v) is 8.42. The summed E-state index contributed by atoms with van der Waals surface area (Å²) in [7, 11) is -3.77. The lowest BCUT2D eigenvalue weighted by molar-refractivity contribution is -0.110. The molecule has 5 heteroatoms. The molecule has 0 N–H and O–H groups in total. The molecule has 0 saturated carbocycles. The third-order valence-electron chi connectivity index (χ3n) is 4.49. The van der Waals surface area contributed by atoms with Crippen molar-refractivity contribution in [2.75, 3.05) is 13.2 Å². The SMILES string of the molecule is C=CC(=O)P(=O)(OCC(CC)CCCC)OCC(CC)CCCC. The first-order chi connectivity index (χ1) is 11.5. The molecule has 0 aliphatic heterocycles. The largest absolute Gasteiger partial charge is 0.400 e. The number of allylic oxidation sites excluding steroid dienone is 1. The molecular formula is C19H37O4P. The van der Waals surface area contributed by atoms with E-state index >= 15 is 0 Å². The maximum atomic E-state index is 12.9. The Bertz CT molecular complexity index is 371. The quantitative estimate of drug-likeness (QED) is 0.237. The standard InChI is InChI=1S/C19H37O4P/c1-6-11-13-17(8-3)15-22-24(21,19(20)10-5)23-16-18(9-4)14-12-7-2/h10,17-18H,5-9,11-16H2,1-4H3. The van der Waals surface area contributed by atoms with Gasteiger partial charge < -0.3 is 9.05 Å². The van der Waals surface area contributed by atoms with Crippen molar-refractivity contribution >= 4 is 13.1 Å². The predicted octanol–water partition coefficient (Wildman–Crippen LogP) is 6.36. The van der Waals surface area contributed by atoms with Crippen molar-refractivity contribution in [3.05, 3.63) is 12.7 Å². The number of unbranched alkanes of at least 4 members (excludes halogenated alkanes) is 2. The van der Waals surface area contributed by atoms with Gasteiger partial charge in [0, 0.05) is 0 Å². The van der Waals surface area contributed by atoms with Gasteiger partial charge in [-0.1, -0.05) is 72.8 Å². The summed E-state index contributed by atoms with van der Waals surface area (Å²) >= 11 is 0. The number of carbonyl (C=O) groups excluding carboxylic acids is 1. The third-order valence-corrected chi connectivity index (χ3v) is 6.19. The van der Waals surface area contributed by atoms with Crippen molar-refractivity contribution in [3.8, 4) is 0 Å². The Labute approximate surface area is 148 Å². The number of rotatable bonds is 16. The maximum Gasteiger partial charge on any atom is 0.400 e. The van der Waals surface area contributed by atoms with Crippen LogP contribution in [0.3, 0.4) is 0 Å². The van der Waals surface area contributed by atoms with Gasteiger partial charge >= 0.3 is 7.60 Å². The van der Waals surface area contributed by atoms with Gasteiger partial charge in [0.05, 0.1) is 13.2 Å². The monoisotopic (exact) mass is 360 g/mol. The van der Waals surface area contributed by atoms with Crippen LogP contribution in [-0.2, 0) is 18.4 Å². The summed E-state index contributed by atoms with van der Waals surface area (Å²) in [6.07, 6.45) is 9.42. The van der Waals surface area contributed by atoms with Crippen LogP contribution in [0.4, 0.5) is 0 Å². The topological polar surface area (TPSA) is 52.6 Å². The highest BCUT2D eigenvalue weighted by molar-refractivity contribution is 7.72. The van der Waals surface area contributed by atoms with E-state index in [1.54, 1.807) is 0 Å². The van der Waals surface area contributed by atoms with Crippen LogP contribution in [0.15, 0.2) is 12.7 Å². The smallest absolute Gasteiger partial charge is 0.303 e. The molecule has 0 heterocycles. The molecule has 0 aliphatic carbocycles. The zero-order chi connectivity index (χ0) is 18.4. The highest BCUT2D eigenvalue weighted by atomic mass is 31.2. The number of hydrogen-bond donors (Lipinski definition) is 0. The van der Waals surface area contributed by atoms with Gasteiger partial charge in [0.1, 0.15) is 0 Å². The summed E-state index contributed by atoms with van der Waals surface area (Å²) in [5.41, 5.74) is -0.627. The maximum absolute atomic E-state index is 12.9. The fourth-order valence-electron chi connectivity index (χ4n) is 2.48. The van der Waals surface area contributed by atoms with Gasteiger partial charge in [-0.25, -0.2) is 0 Å². The Balaban J connectivity index is 4.73. The van der Waals surface area contributed by atoms with Crippen molar-refractivity contribution in [1.29, 1.82) is 0 Å². The van der Waals surface area contributed by atoms with E-state index in [1.807, 2.05) is 0 Å². The molecule has 0 radical (unpaired) electrons. The highest BCUT2D eigenvalue weighted by Gasteiger charge is 2.34. The summed E-state index contributed by atoms with van der Waals surface area (Å²) in [4.78, 5) is 12.0. The van der Waals surface area contributed by atoms with Crippen LogP contribution in [0, 0.1) is 11.8 Å². The molecule has 2 atom stereocenters. The summed E-state index contributed by atoms with van der Waals surface area (Å²) in [6.45, 7) is 12.5. The summed E-state index contributed by atoms with van der Waals surface area (Å²) < 4.78 is 24.0. The van der Waals surface area contributed by atoms with E-state index < -0.39 is 13.1 Å². The van der Waals surface area contributed by atoms with Gasteiger partial charge in [0.15, 0.2) is 0 Å². The van der Waals surface area contributed by atoms with E-state index in [1.165, 1.54) is 0 Å². The van der Waals surface area contributed by atoms with Gasteiger partial charge in [-0.05, 0) is 30.8 Å². The first-order valence-corrected chi connectivity index (χ1v) is 11.1. The van der Waals surface area contributed by atoms with Gasteiger partial charge in [-0.3, -0.25) is 9.36 Å². The Morgan fingerprint density at radius 3 is 1.67 bits per heavy atom. The van der Waals surface area contributed by atoms with Crippen LogP contribution in [-0.4, -0.2) is 18.7 Å². The van der Waals surface area contributed by atoms with Crippen LogP contribution in [0.25, 0.3) is 0 Å². The van der Waals surface area contributed by atoms with E-state index in [-0.39, 0.29) is 0 Å². The molecule has 0 amide bonds. The predicted molar refractivity (Wildman–Crippen MR) is 101 cm³/mol. The van der Waals surface area contributed by atoms with Gasteiger partial charge in [-0.15, -0.1) is 0 Å². The molecular weight excluding hydrogens is 323 g/mol. The van der Waals surface area contributed by atoms with Crippen molar-refractivity contribution in [2.45, 2.75) is 79.1 Å². The van der Waals surface area contributed by atoms with E-state index in [9.17, 15) is 9.36 Å². The van der Waals surface area contributed by atoms with Crippen LogP contribution in [0.5, 0.6) is 0 Å². The zero-order valence-electron chi connectivity index (χ0n) is 16.1. The average molecular weight is 360 g/mol. The van der Waals surface area contributed by atoms with Crippen LogP contribution < -0.4 is 0 Å². The summed E-state index contributed by atoms with van der Waals surface area (Å²) in [5.74, 6) is 0.614. The summed E-state index contributed by atoms with van der Waals surface area (Å²) in [5, 5.41) is 0. The van der Waals surface area contributed by atoms with Crippen LogP contribution >= 0.6 is 7.60 Å². The molecule has 0 aromatic heterocycles. The van der Waals surface area contributed by atoms with E-state index in [4.69, 9.17) is 9.05 Å². The third kappa shape index (κ3) is 9.15. The van der Waals surface area contributed by atoms with Gasteiger partial charge in [0.25, 0.3) is 5.52 Å². The molecule has 0 aromatic rings. The Hall–Kier alpha value is -0.440. The minimum Gasteiger partial charge on any atom is -0.303 e. The molecule has 0 bridgehead atoms. The lowest BCUT2D eigenvalue weighted by atomic mass is 10.0. The Kier molecular flexibility index (Phi) is 13.6. The molecule has 0 spiro atoms. The molecule has 0 saturated heterocycles. The second-order valence-electron chi connectivity index (χ2n) is 6.46. The van der Waals surface area contributed by atoms with E-state index in [2.05, 4.69) is 34.3 Å². The van der Waals surface area contributed by atoms with Gasteiger partial charge in [0.2, 0.25) is 0 Å². The van der Waals surface area contributed by atoms with Crippen LogP contribution in [0.1, 0.15) is 79.1 Å². The molecule has 142 valence electrons. The van der Waals surface area contributed by atoms with Crippen molar-refractivity contribution in [1.82, 2.24) is 0 Å². The minimum atomic E-state index is -3.77. The molecule has 0 aliphatic rings. The highest BCUT2D eigenvalue weighted by Crippen LogP contribution is 2.50. The fraction of sp³-hybridized carbons (Fsp3) is 0.842. The van der Waals surface area contributed by atoms with Gasteiger partial charge in [-0.2, -0.15) is 0 Å².